The summed E-state index contributed by atoms with van der Waals surface area (Å²) < 4.78 is 16.7. The van der Waals surface area contributed by atoms with Crippen molar-refractivity contribution >= 4 is 17.4 Å². The van der Waals surface area contributed by atoms with E-state index in [9.17, 15) is 5.11 Å². The molecule has 182 valence electrons. The molecule has 1 aliphatic rings. The fraction of sp³-hybridized carbons (Fsp3) is 0.458. The van der Waals surface area contributed by atoms with Gasteiger partial charge in [0, 0.05) is 24.3 Å². The quantitative estimate of drug-likeness (QED) is 0.417. The van der Waals surface area contributed by atoms with E-state index < -0.39 is 6.10 Å². The first-order valence-electron chi connectivity index (χ1n) is 11.3. The molecule has 3 aromatic rings. The Balaban J connectivity index is 1.76. The van der Waals surface area contributed by atoms with Crippen LogP contribution in [0, 0.1) is 20.8 Å². The van der Waals surface area contributed by atoms with Gasteiger partial charge in [-0.2, -0.15) is 0 Å². The van der Waals surface area contributed by atoms with Crippen LogP contribution in [0.2, 0.25) is 5.02 Å². The van der Waals surface area contributed by atoms with Crippen molar-refractivity contribution in [2.75, 3.05) is 38.7 Å². The number of nitrogens with zero attached hydrogens (tertiary/aromatic N) is 3. The Hall–Kier alpha value is -2.72. The number of ether oxygens (including phenoxy) is 2. The lowest BCUT2D eigenvalue weighted by Crippen LogP contribution is -2.29. The summed E-state index contributed by atoms with van der Waals surface area (Å²) in [5, 5.41) is 21.0. The van der Waals surface area contributed by atoms with E-state index in [1.54, 1.807) is 25.2 Å². The van der Waals surface area contributed by atoms with E-state index in [2.05, 4.69) is 15.8 Å². The molecule has 1 aromatic carbocycles. The maximum absolute atomic E-state index is 9.98. The van der Waals surface area contributed by atoms with Crippen LogP contribution in [0.15, 0.2) is 22.7 Å². The minimum Gasteiger partial charge on any atom is -0.491 e. The zero-order chi connectivity index (χ0) is 24.2. The van der Waals surface area contributed by atoms with Gasteiger partial charge in [-0.3, -0.25) is 0 Å². The number of hydrogen-bond donors (Lipinski definition) is 3. The summed E-state index contributed by atoms with van der Waals surface area (Å²) >= 11 is 6.58. The monoisotopic (exact) mass is 487 g/mol. The predicted octanol–water partition coefficient (Wildman–Crippen LogP) is 3.54. The van der Waals surface area contributed by atoms with Crippen LogP contribution in [-0.2, 0) is 4.74 Å². The van der Waals surface area contributed by atoms with Gasteiger partial charge in [0.1, 0.15) is 30.0 Å². The largest absolute Gasteiger partial charge is 0.491 e. The molecular formula is C24H30ClN5O4. The molecule has 0 aliphatic carbocycles. The van der Waals surface area contributed by atoms with E-state index in [0.29, 0.717) is 46.9 Å². The summed E-state index contributed by atoms with van der Waals surface area (Å²) in [6.45, 7) is 7.66. The third-order valence-electron chi connectivity index (χ3n) is 5.75. The molecule has 2 atom stereocenters. The molecule has 1 fully saturated rings. The maximum Gasteiger partial charge on any atom is 0.163 e. The van der Waals surface area contributed by atoms with E-state index in [-0.39, 0.29) is 12.6 Å². The lowest BCUT2D eigenvalue weighted by molar-refractivity contribution is 0.108. The molecule has 10 heteroatoms. The van der Waals surface area contributed by atoms with Crippen LogP contribution in [0.4, 0.5) is 5.82 Å². The Bertz CT molecular complexity index is 1130. The molecule has 0 unspecified atom stereocenters. The van der Waals surface area contributed by atoms with Crippen LogP contribution >= 0.6 is 11.6 Å². The number of likely N-dealkylation sites (N-methyl/N-ethyl adjacent to an activating group) is 1. The second kappa shape index (κ2) is 10.7. The summed E-state index contributed by atoms with van der Waals surface area (Å²) in [6.07, 6.45) is 0.272. The number of aliphatic hydroxyl groups excluding tert-OH is 1. The number of aryl methyl sites for hydroxylation is 2. The molecule has 0 saturated carbocycles. The van der Waals surface area contributed by atoms with Gasteiger partial charge in [0.05, 0.1) is 34.6 Å². The van der Waals surface area contributed by atoms with Crippen LogP contribution in [0.3, 0.4) is 0 Å². The Labute approximate surface area is 203 Å². The number of rotatable bonds is 9. The van der Waals surface area contributed by atoms with Crippen LogP contribution < -0.4 is 15.4 Å². The number of aromatic nitrogens is 3. The fourth-order valence-corrected chi connectivity index (χ4v) is 4.14. The number of aliphatic hydroxyl groups is 1. The first kappa shape index (κ1) is 24.4. The van der Waals surface area contributed by atoms with Gasteiger partial charge in [-0.05, 0) is 52.4 Å². The molecule has 3 heterocycles. The predicted molar refractivity (Wildman–Crippen MR) is 130 cm³/mol. The number of hydrogen-bond acceptors (Lipinski definition) is 9. The molecule has 0 bridgehead atoms. The average molecular weight is 488 g/mol. The smallest absolute Gasteiger partial charge is 0.163 e. The second-order valence-electron chi connectivity index (χ2n) is 8.44. The van der Waals surface area contributed by atoms with Gasteiger partial charge in [-0.15, -0.1) is 0 Å². The summed E-state index contributed by atoms with van der Waals surface area (Å²) in [5.41, 5.74) is 3.84. The molecule has 0 radical (unpaired) electrons. The summed E-state index contributed by atoms with van der Waals surface area (Å²) in [7, 11) is 1.78. The molecule has 9 nitrogen and oxygen atoms in total. The van der Waals surface area contributed by atoms with Crippen LogP contribution in [0.5, 0.6) is 5.75 Å². The molecule has 2 aromatic heterocycles. The van der Waals surface area contributed by atoms with E-state index >= 15 is 0 Å². The van der Waals surface area contributed by atoms with Gasteiger partial charge < -0.3 is 29.7 Å². The van der Waals surface area contributed by atoms with Crippen molar-refractivity contribution in [3.05, 3.63) is 40.2 Å². The molecular weight excluding hydrogens is 458 g/mol. The van der Waals surface area contributed by atoms with E-state index in [1.165, 1.54) is 0 Å². The maximum atomic E-state index is 9.98. The van der Waals surface area contributed by atoms with E-state index in [1.807, 2.05) is 20.8 Å². The van der Waals surface area contributed by atoms with Gasteiger partial charge in [0.25, 0.3) is 0 Å². The second-order valence-corrected chi connectivity index (χ2v) is 8.84. The van der Waals surface area contributed by atoms with Crippen LogP contribution in [0.25, 0.3) is 22.6 Å². The molecule has 1 saturated heterocycles. The third kappa shape index (κ3) is 5.33. The topological polar surface area (TPSA) is 115 Å². The molecule has 4 rings (SSSR count). The van der Waals surface area contributed by atoms with Crippen LogP contribution in [0.1, 0.15) is 23.4 Å². The van der Waals surface area contributed by atoms with Crippen molar-refractivity contribution in [1.82, 2.24) is 20.4 Å². The molecule has 3 N–H and O–H groups in total. The van der Waals surface area contributed by atoms with Gasteiger partial charge >= 0.3 is 0 Å². The van der Waals surface area contributed by atoms with Gasteiger partial charge in [-0.25, -0.2) is 9.97 Å². The van der Waals surface area contributed by atoms with Crippen molar-refractivity contribution in [1.29, 1.82) is 0 Å². The molecule has 1 aliphatic heterocycles. The summed E-state index contributed by atoms with van der Waals surface area (Å²) in [5.74, 6) is 2.41. The normalized spacial score (nSPS) is 16.6. The molecule has 34 heavy (non-hydrogen) atoms. The van der Waals surface area contributed by atoms with Crippen molar-refractivity contribution in [2.45, 2.75) is 39.3 Å². The van der Waals surface area contributed by atoms with Gasteiger partial charge in [0.15, 0.2) is 5.82 Å². The minimum absolute atomic E-state index is 0.148. The average Bonchev–Trinajstić information content (AvgIpc) is 3.44. The first-order chi connectivity index (χ1) is 16.4. The van der Waals surface area contributed by atoms with Crippen LogP contribution in [-0.4, -0.2) is 65.8 Å². The highest BCUT2D eigenvalue weighted by atomic mass is 35.5. The highest BCUT2D eigenvalue weighted by Crippen LogP contribution is 2.36. The first-order valence-corrected chi connectivity index (χ1v) is 11.7. The van der Waals surface area contributed by atoms with Gasteiger partial charge in [-0.1, -0.05) is 16.8 Å². The molecule has 0 amide bonds. The lowest BCUT2D eigenvalue weighted by Gasteiger charge is -2.18. The summed E-state index contributed by atoms with van der Waals surface area (Å²) in [4.78, 5) is 9.72. The van der Waals surface area contributed by atoms with E-state index in [4.69, 9.17) is 35.6 Å². The highest BCUT2D eigenvalue weighted by Gasteiger charge is 2.24. The van der Waals surface area contributed by atoms with E-state index in [0.717, 1.165) is 35.5 Å². The number of nitrogens with one attached hydrogen (secondary N) is 2. The Morgan fingerprint density at radius 1 is 1.26 bits per heavy atom. The van der Waals surface area contributed by atoms with Crippen molar-refractivity contribution < 1.29 is 19.1 Å². The Morgan fingerprint density at radius 3 is 2.76 bits per heavy atom. The number of halogens is 1. The Kier molecular flexibility index (Phi) is 7.67. The minimum atomic E-state index is -0.629. The highest BCUT2D eigenvalue weighted by molar-refractivity contribution is 6.33. The third-order valence-corrected chi connectivity index (χ3v) is 6.08. The standard InChI is InChI=1S/C24H30ClN5O4/c1-13-22(21-14(2)30-34-15(21)3)28-24(29-23(13)27-16-7-8-32-11-16)19-9-18(5-6-20(19)25)33-12-17(31)10-26-4/h5-6,9,16-17,26,31H,7-8,10-12H2,1-4H3,(H,27,28,29)/t16-,17-/m1/s1. The Morgan fingerprint density at radius 2 is 2.09 bits per heavy atom. The number of anilines is 1. The van der Waals surface area contributed by atoms with Crippen molar-refractivity contribution in [3.8, 4) is 28.4 Å². The SMILES string of the molecule is CNC[C@@H](O)COc1ccc(Cl)c(-c2nc(N[C@@H]3CCOC3)c(C)c(-c3c(C)noc3C)n2)c1. The zero-order valence-corrected chi connectivity index (χ0v) is 20.6. The van der Waals surface area contributed by atoms with Crippen molar-refractivity contribution in [3.63, 3.8) is 0 Å². The zero-order valence-electron chi connectivity index (χ0n) is 19.8. The fourth-order valence-electron chi connectivity index (χ4n) is 3.94. The van der Waals surface area contributed by atoms with Crippen molar-refractivity contribution in [2.24, 2.45) is 0 Å². The van der Waals surface area contributed by atoms with Gasteiger partial charge in [0.2, 0.25) is 0 Å². The molecule has 0 spiro atoms. The summed E-state index contributed by atoms with van der Waals surface area (Å²) in [6, 6.07) is 5.46. The lowest BCUT2D eigenvalue weighted by atomic mass is 10.0. The number of benzene rings is 1.